The summed E-state index contributed by atoms with van der Waals surface area (Å²) in [5, 5.41) is 2.65. The SMILES string of the molecule is O=C(CC1CCCCC1)NCC(=O)N1CCN(S(=O)(=O)c2cc(F)ccc2F)CC1. The Morgan fingerprint density at radius 1 is 1.03 bits per heavy atom. The zero-order valence-corrected chi connectivity index (χ0v) is 17.6. The summed E-state index contributed by atoms with van der Waals surface area (Å²) in [5.74, 6) is -1.91. The molecule has 1 heterocycles. The van der Waals surface area contributed by atoms with Gasteiger partial charge in [-0.25, -0.2) is 17.2 Å². The minimum absolute atomic E-state index is 0.0277. The summed E-state index contributed by atoms with van der Waals surface area (Å²) >= 11 is 0. The Bertz CT molecular complexity index is 880. The van der Waals surface area contributed by atoms with Gasteiger partial charge in [-0.2, -0.15) is 4.31 Å². The molecule has 0 spiro atoms. The van der Waals surface area contributed by atoms with Gasteiger partial charge in [0, 0.05) is 32.6 Å². The van der Waals surface area contributed by atoms with Gasteiger partial charge in [0.1, 0.15) is 16.5 Å². The highest BCUT2D eigenvalue weighted by Gasteiger charge is 2.32. The Morgan fingerprint density at radius 2 is 1.70 bits per heavy atom. The Balaban J connectivity index is 1.48. The summed E-state index contributed by atoms with van der Waals surface area (Å²) in [7, 11) is -4.20. The third-order valence-corrected chi connectivity index (χ3v) is 7.65. The molecule has 1 aromatic carbocycles. The van der Waals surface area contributed by atoms with E-state index in [1.54, 1.807) is 0 Å². The Labute approximate surface area is 175 Å². The van der Waals surface area contributed by atoms with Crippen molar-refractivity contribution >= 4 is 21.8 Å². The number of rotatable bonds is 6. The molecule has 0 aromatic heterocycles. The van der Waals surface area contributed by atoms with E-state index in [0.717, 1.165) is 42.1 Å². The molecule has 0 unspecified atom stereocenters. The van der Waals surface area contributed by atoms with Crippen LogP contribution < -0.4 is 5.32 Å². The van der Waals surface area contributed by atoms with E-state index >= 15 is 0 Å². The van der Waals surface area contributed by atoms with Gasteiger partial charge in [-0.05, 0) is 37.0 Å². The van der Waals surface area contributed by atoms with Crippen LogP contribution in [0.25, 0.3) is 0 Å². The highest BCUT2D eigenvalue weighted by atomic mass is 32.2. The Hall–Kier alpha value is -2.07. The first kappa shape index (κ1) is 22.6. The lowest BCUT2D eigenvalue weighted by atomic mass is 9.87. The maximum Gasteiger partial charge on any atom is 0.246 e. The van der Waals surface area contributed by atoms with Gasteiger partial charge in [-0.3, -0.25) is 9.59 Å². The molecule has 2 aliphatic rings. The zero-order valence-electron chi connectivity index (χ0n) is 16.8. The molecule has 2 amide bonds. The number of carbonyl (C=O) groups excluding carboxylic acids is 2. The Morgan fingerprint density at radius 3 is 2.37 bits per heavy atom. The van der Waals surface area contributed by atoms with Gasteiger partial charge in [0.25, 0.3) is 0 Å². The standard InChI is InChI=1S/C20H27F2N3O4S/c21-16-6-7-17(22)18(13-16)30(28,29)25-10-8-24(9-11-25)20(27)14-23-19(26)12-15-4-2-1-3-5-15/h6-7,13,15H,1-5,8-12,14H2,(H,23,26). The van der Waals surface area contributed by atoms with E-state index in [0.29, 0.717) is 18.4 Å². The van der Waals surface area contributed by atoms with Crippen molar-refractivity contribution < 1.29 is 26.8 Å². The van der Waals surface area contributed by atoms with E-state index in [2.05, 4.69) is 5.32 Å². The lowest BCUT2D eigenvalue weighted by Crippen LogP contribution is -2.52. The highest BCUT2D eigenvalue weighted by molar-refractivity contribution is 7.89. The van der Waals surface area contributed by atoms with Gasteiger partial charge in [0.05, 0.1) is 6.54 Å². The molecule has 0 atom stereocenters. The van der Waals surface area contributed by atoms with Gasteiger partial charge >= 0.3 is 0 Å². The van der Waals surface area contributed by atoms with Crippen LogP contribution in [-0.2, 0) is 19.6 Å². The normalized spacial score (nSPS) is 18.9. The molecule has 1 aliphatic heterocycles. The lowest BCUT2D eigenvalue weighted by molar-refractivity contribution is -0.134. The van der Waals surface area contributed by atoms with Crippen LogP contribution in [0.15, 0.2) is 23.1 Å². The first-order chi connectivity index (χ1) is 14.3. The van der Waals surface area contributed by atoms with Crippen LogP contribution in [-0.4, -0.2) is 62.2 Å². The van der Waals surface area contributed by atoms with Crippen LogP contribution >= 0.6 is 0 Å². The van der Waals surface area contributed by atoms with E-state index in [4.69, 9.17) is 0 Å². The average molecular weight is 444 g/mol. The van der Waals surface area contributed by atoms with Gasteiger partial charge in [0.2, 0.25) is 21.8 Å². The number of nitrogens with one attached hydrogen (secondary N) is 1. The molecule has 7 nitrogen and oxygen atoms in total. The quantitative estimate of drug-likeness (QED) is 0.728. The monoisotopic (exact) mass is 443 g/mol. The highest BCUT2D eigenvalue weighted by Crippen LogP contribution is 2.26. The zero-order chi connectivity index (χ0) is 21.7. The average Bonchev–Trinajstić information content (AvgIpc) is 2.74. The van der Waals surface area contributed by atoms with Crippen molar-refractivity contribution in [1.82, 2.24) is 14.5 Å². The minimum atomic E-state index is -4.20. The first-order valence-corrected chi connectivity index (χ1v) is 11.7. The number of piperazine rings is 1. The number of carbonyl (C=O) groups is 2. The summed E-state index contributed by atoms with van der Waals surface area (Å²) < 4.78 is 53.5. The second-order valence-corrected chi connectivity index (χ2v) is 9.75. The van der Waals surface area contributed by atoms with Crippen molar-refractivity contribution in [2.45, 2.75) is 43.4 Å². The smallest absolute Gasteiger partial charge is 0.246 e. The third-order valence-electron chi connectivity index (χ3n) is 5.74. The molecular weight excluding hydrogens is 416 g/mol. The van der Waals surface area contributed by atoms with Crippen molar-refractivity contribution in [3.05, 3.63) is 29.8 Å². The number of nitrogens with zero attached hydrogens (tertiary/aromatic N) is 2. The minimum Gasteiger partial charge on any atom is -0.347 e. The number of amides is 2. The molecule has 1 N–H and O–H groups in total. The molecule has 30 heavy (non-hydrogen) atoms. The van der Waals surface area contributed by atoms with Crippen LogP contribution in [0.5, 0.6) is 0 Å². The Kier molecular flexibility index (Phi) is 7.41. The van der Waals surface area contributed by atoms with Gasteiger partial charge in [-0.15, -0.1) is 0 Å². The molecule has 0 bridgehead atoms. The fourth-order valence-electron chi connectivity index (χ4n) is 4.00. The molecular formula is C20H27F2N3O4S. The molecule has 166 valence electrons. The predicted octanol–water partition coefficient (Wildman–Crippen LogP) is 1.88. The fourth-order valence-corrected chi connectivity index (χ4v) is 5.50. The third kappa shape index (κ3) is 5.54. The maximum atomic E-state index is 13.9. The van der Waals surface area contributed by atoms with Crippen LogP contribution in [0.4, 0.5) is 8.78 Å². The number of sulfonamides is 1. The van der Waals surface area contributed by atoms with Crippen LogP contribution in [0.2, 0.25) is 0 Å². The largest absolute Gasteiger partial charge is 0.347 e. The summed E-state index contributed by atoms with van der Waals surface area (Å²) in [6.45, 7) is 0.0535. The number of benzene rings is 1. The summed E-state index contributed by atoms with van der Waals surface area (Å²) in [6.07, 6.45) is 6.02. The van der Waals surface area contributed by atoms with Crippen LogP contribution in [0, 0.1) is 17.6 Å². The first-order valence-electron chi connectivity index (χ1n) is 10.3. The van der Waals surface area contributed by atoms with Crippen LogP contribution in [0.3, 0.4) is 0 Å². The van der Waals surface area contributed by atoms with Crippen molar-refractivity contribution in [2.24, 2.45) is 5.92 Å². The summed E-state index contributed by atoms with van der Waals surface area (Å²) in [5.41, 5.74) is 0. The van der Waals surface area contributed by atoms with Crippen LogP contribution in [0.1, 0.15) is 38.5 Å². The molecule has 3 rings (SSSR count). The van der Waals surface area contributed by atoms with E-state index < -0.39 is 26.6 Å². The summed E-state index contributed by atoms with van der Waals surface area (Å²) in [6, 6.07) is 2.29. The van der Waals surface area contributed by atoms with E-state index in [1.807, 2.05) is 0 Å². The topological polar surface area (TPSA) is 86.8 Å². The van der Waals surface area contributed by atoms with E-state index in [9.17, 15) is 26.8 Å². The van der Waals surface area contributed by atoms with Crippen molar-refractivity contribution in [2.75, 3.05) is 32.7 Å². The van der Waals surface area contributed by atoms with Crippen molar-refractivity contribution in [3.63, 3.8) is 0 Å². The van der Waals surface area contributed by atoms with E-state index in [1.165, 1.54) is 11.3 Å². The maximum absolute atomic E-state index is 13.9. The number of hydrogen-bond donors (Lipinski definition) is 1. The molecule has 10 heteroatoms. The molecule has 1 saturated heterocycles. The van der Waals surface area contributed by atoms with Crippen molar-refractivity contribution in [3.8, 4) is 0 Å². The second-order valence-electron chi connectivity index (χ2n) is 7.84. The van der Waals surface area contributed by atoms with Gasteiger partial charge in [-0.1, -0.05) is 19.3 Å². The molecule has 1 aromatic rings. The van der Waals surface area contributed by atoms with Crippen molar-refractivity contribution in [1.29, 1.82) is 0 Å². The molecule has 1 aliphatic carbocycles. The number of halogens is 2. The van der Waals surface area contributed by atoms with Gasteiger partial charge in [0.15, 0.2) is 0 Å². The molecule has 2 fully saturated rings. The fraction of sp³-hybridized carbons (Fsp3) is 0.600. The molecule has 0 radical (unpaired) electrons. The second kappa shape index (κ2) is 9.82. The lowest BCUT2D eigenvalue weighted by Gasteiger charge is -2.34. The number of hydrogen-bond acceptors (Lipinski definition) is 4. The summed E-state index contributed by atoms with van der Waals surface area (Å²) in [4.78, 5) is 25.2. The molecule has 1 saturated carbocycles. The van der Waals surface area contributed by atoms with E-state index in [-0.39, 0.29) is 44.5 Å². The predicted molar refractivity (Wildman–Crippen MR) is 106 cm³/mol. The van der Waals surface area contributed by atoms with Gasteiger partial charge < -0.3 is 10.2 Å².